The van der Waals surface area contributed by atoms with Crippen LogP contribution in [0.1, 0.15) is 29.1 Å². The molecule has 0 unspecified atom stereocenters. The van der Waals surface area contributed by atoms with Crippen molar-refractivity contribution >= 4 is 42.1 Å². The standard InChI is InChI=1S/C17H21N3OS.2ClH/c21-16(19-14-7-4-8-18-11-14)10-15-12-22-17(20-15)9-13-5-2-1-3-6-13;;/h1-3,5-6,12,14,18H,4,7-11H2,(H,19,21);2*1H/t14-;;/m0../s1. The fourth-order valence-corrected chi connectivity index (χ4v) is 3.53. The van der Waals surface area contributed by atoms with Gasteiger partial charge in [-0.3, -0.25) is 4.79 Å². The Morgan fingerprint density at radius 2 is 2.08 bits per heavy atom. The third kappa shape index (κ3) is 6.40. The van der Waals surface area contributed by atoms with E-state index in [1.807, 2.05) is 23.6 Å². The minimum atomic E-state index is 0. The summed E-state index contributed by atoms with van der Waals surface area (Å²) in [5.74, 6) is 0.0743. The molecule has 0 radical (unpaired) electrons. The Labute approximate surface area is 159 Å². The molecule has 1 aliphatic heterocycles. The largest absolute Gasteiger partial charge is 0.352 e. The zero-order chi connectivity index (χ0) is 15.2. The minimum absolute atomic E-state index is 0. The molecule has 2 heterocycles. The molecule has 1 saturated heterocycles. The van der Waals surface area contributed by atoms with Crippen LogP contribution in [0.15, 0.2) is 35.7 Å². The van der Waals surface area contributed by atoms with Gasteiger partial charge in [0.1, 0.15) is 0 Å². The molecule has 0 bridgehead atoms. The van der Waals surface area contributed by atoms with Gasteiger partial charge in [-0.2, -0.15) is 0 Å². The minimum Gasteiger partial charge on any atom is -0.352 e. The van der Waals surface area contributed by atoms with Crippen molar-refractivity contribution in [2.75, 3.05) is 13.1 Å². The van der Waals surface area contributed by atoms with Gasteiger partial charge < -0.3 is 10.6 Å². The quantitative estimate of drug-likeness (QED) is 0.828. The lowest BCUT2D eigenvalue weighted by Gasteiger charge is -2.23. The van der Waals surface area contributed by atoms with Crippen molar-refractivity contribution in [1.82, 2.24) is 15.6 Å². The Bertz CT molecular complexity index is 615. The highest BCUT2D eigenvalue weighted by Crippen LogP contribution is 2.15. The molecule has 2 aromatic rings. The number of piperidine rings is 1. The molecule has 2 N–H and O–H groups in total. The van der Waals surface area contributed by atoms with Crippen molar-refractivity contribution in [2.24, 2.45) is 0 Å². The maximum absolute atomic E-state index is 12.1. The number of carbonyl (C=O) groups excluding carboxylic acids is 1. The van der Waals surface area contributed by atoms with Crippen LogP contribution in [-0.4, -0.2) is 30.0 Å². The Morgan fingerprint density at radius 3 is 2.79 bits per heavy atom. The van der Waals surface area contributed by atoms with Gasteiger partial charge in [0.2, 0.25) is 5.91 Å². The molecule has 1 aromatic heterocycles. The lowest BCUT2D eigenvalue weighted by molar-refractivity contribution is -0.121. The molecule has 1 aromatic carbocycles. The van der Waals surface area contributed by atoms with Crippen LogP contribution in [-0.2, 0) is 17.6 Å². The number of carbonyl (C=O) groups is 1. The molecule has 3 rings (SSSR count). The van der Waals surface area contributed by atoms with Crippen LogP contribution in [0.3, 0.4) is 0 Å². The van der Waals surface area contributed by atoms with Crippen molar-refractivity contribution in [3.63, 3.8) is 0 Å². The number of halogens is 2. The van der Waals surface area contributed by atoms with Crippen molar-refractivity contribution in [1.29, 1.82) is 0 Å². The number of benzene rings is 1. The first kappa shape index (κ1) is 20.9. The monoisotopic (exact) mass is 387 g/mol. The number of amides is 1. The van der Waals surface area contributed by atoms with Gasteiger partial charge in [0, 0.05) is 24.4 Å². The van der Waals surface area contributed by atoms with Gasteiger partial charge in [-0.15, -0.1) is 36.2 Å². The van der Waals surface area contributed by atoms with Crippen LogP contribution in [0.4, 0.5) is 0 Å². The first-order chi connectivity index (χ1) is 10.8. The highest BCUT2D eigenvalue weighted by Gasteiger charge is 2.16. The highest BCUT2D eigenvalue weighted by molar-refractivity contribution is 7.09. The van der Waals surface area contributed by atoms with Crippen molar-refractivity contribution < 1.29 is 4.79 Å². The lowest BCUT2D eigenvalue weighted by Crippen LogP contribution is -2.46. The Kier molecular flexibility index (Phi) is 9.29. The van der Waals surface area contributed by atoms with Gasteiger partial charge >= 0.3 is 0 Å². The normalized spacial score (nSPS) is 16.6. The van der Waals surface area contributed by atoms with Crippen LogP contribution < -0.4 is 10.6 Å². The topological polar surface area (TPSA) is 54.0 Å². The van der Waals surface area contributed by atoms with Gasteiger partial charge in [-0.1, -0.05) is 30.3 Å². The summed E-state index contributed by atoms with van der Waals surface area (Å²) in [5.41, 5.74) is 2.12. The first-order valence-electron chi connectivity index (χ1n) is 7.77. The Balaban J connectivity index is 0.00000144. The summed E-state index contributed by atoms with van der Waals surface area (Å²) >= 11 is 1.63. The van der Waals surface area contributed by atoms with E-state index >= 15 is 0 Å². The average molecular weight is 388 g/mol. The second-order valence-electron chi connectivity index (χ2n) is 5.68. The maximum atomic E-state index is 12.1. The summed E-state index contributed by atoms with van der Waals surface area (Å²) in [4.78, 5) is 16.7. The van der Waals surface area contributed by atoms with Gasteiger partial charge in [0.25, 0.3) is 0 Å². The summed E-state index contributed by atoms with van der Waals surface area (Å²) in [6, 6.07) is 10.6. The fraction of sp³-hybridized carbons (Fsp3) is 0.412. The summed E-state index contributed by atoms with van der Waals surface area (Å²) in [6.45, 7) is 1.93. The van der Waals surface area contributed by atoms with Gasteiger partial charge in [0.15, 0.2) is 0 Å². The maximum Gasteiger partial charge on any atom is 0.226 e. The third-order valence-corrected chi connectivity index (χ3v) is 4.70. The van der Waals surface area contributed by atoms with Crippen LogP contribution in [0.2, 0.25) is 0 Å². The molecule has 1 atom stereocenters. The van der Waals surface area contributed by atoms with Gasteiger partial charge in [-0.05, 0) is 24.9 Å². The molecule has 0 saturated carbocycles. The number of rotatable bonds is 5. The molecule has 4 nitrogen and oxygen atoms in total. The van der Waals surface area contributed by atoms with Crippen LogP contribution in [0.5, 0.6) is 0 Å². The van der Waals surface area contributed by atoms with Crippen molar-refractivity contribution in [3.05, 3.63) is 52.0 Å². The molecule has 1 aliphatic rings. The van der Waals surface area contributed by atoms with Crippen LogP contribution >= 0.6 is 36.2 Å². The predicted molar refractivity (Wildman–Crippen MR) is 104 cm³/mol. The summed E-state index contributed by atoms with van der Waals surface area (Å²) < 4.78 is 0. The summed E-state index contributed by atoms with van der Waals surface area (Å²) in [5, 5.41) is 9.46. The number of hydrogen-bond acceptors (Lipinski definition) is 4. The van der Waals surface area contributed by atoms with E-state index in [2.05, 4.69) is 27.8 Å². The molecule has 132 valence electrons. The molecule has 24 heavy (non-hydrogen) atoms. The zero-order valence-corrected chi connectivity index (χ0v) is 15.8. The lowest BCUT2D eigenvalue weighted by atomic mass is 10.1. The zero-order valence-electron chi connectivity index (χ0n) is 13.4. The number of aromatic nitrogens is 1. The molecular weight excluding hydrogens is 365 g/mol. The van der Waals surface area contributed by atoms with E-state index in [1.54, 1.807) is 11.3 Å². The van der Waals surface area contributed by atoms with E-state index in [0.717, 1.165) is 43.1 Å². The van der Waals surface area contributed by atoms with Crippen molar-refractivity contribution in [2.45, 2.75) is 31.7 Å². The number of nitrogens with zero attached hydrogens (tertiary/aromatic N) is 1. The highest BCUT2D eigenvalue weighted by atomic mass is 35.5. The molecule has 1 amide bonds. The SMILES string of the molecule is Cl.Cl.O=C(Cc1csc(Cc2ccccc2)n1)N[C@H]1CCCNC1. The van der Waals surface area contributed by atoms with E-state index in [0.29, 0.717) is 6.42 Å². The Morgan fingerprint density at radius 1 is 1.29 bits per heavy atom. The van der Waals surface area contributed by atoms with E-state index in [4.69, 9.17) is 0 Å². The molecule has 0 aliphatic carbocycles. The number of nitrogens with one attached hydrogen (secondary N) is 2. The van der Waals surface area contributed by atoms with E-state index in [1.165, 1.54) is 5.56 Å². The predicted octanol–water partition coefficient (Wildman–Crippen LogP) is 2.99. The number of thiazole rings is 1. The van der Waals surface area contributed by atoms with Crippen molar-refractivity contribution in [3.8, 4) is 0 Å². The first-order valence-corrected chi connectivity index (χ1v) is 8.65. The van der Waals surface area contributed by atoms with E-state index < -0.39 is 0 Å². The smallest absolute Gasteiger partial charge is 0.226 e. The molecule has 1 fully saturated rings. The van der Waals surface area contributed by atoms with Crippen LogP contribution in [0.25, 0.3) is 0 Å². The average Bonchev–Trinajstić information content (AvgIpc) is 2.96. The molecule has 7 heteroatoms. The summed E-state index contributed by atoms with van der Waals surface area (Å²) in [7, 11) is 0. The number of hydrogen-bond donors (Lipinski definition) is 2. The molecule has 0 spiro atoms. The van der Waals surface area contributed by atoms with E-state index in [-0.39, 0.29) is 36.8 Å². The van der Waals surface area contributed by atoms with E-state index in [9.17, 15) is 4.79 Å². The second kappa shape index (κ2) is 10.7. The van der Waals surface area contributed by atoms with Gasteiger partial charge in [-0.25, -0.2) is 4.98 Å². The fourth-order valence-electron chi connectivity index (χ4n) is 2.70. The van der Waals surface area contributed by atoms with Gasteiger partial charge in [0.05, 0.1) is 17.1 Å². The molecular formula is C17H23Cl2N3OS. The van der Waals surface area contributed by atoms with Crippen LogP contribution in [0, 0.1) is 0 Å². The third-order valence-electron chi connectivity index (χ3n) is 3.80. The summed E-state index contributed by atoms with van der Waals surface area (Å²) in [6.07, 6.45) is 3.40. The Hall–Kier alpha value is -1.14. The second-order valence-corrected chi connectivity index (χ2v) is 6.63.